The molecule has 0 saturated carbocycles. The fourth-order valence-electron chi connectivity index (χ4n) is 2.42. The van der Waals surface area contributed by atoms with Crippen LogP contribution in [0.15, 0.2) is 23.4 Å². The fourth-order valence-corrected chi connectivity index (χ4v) is 2.60. The van der Waals surface area contributed by atoms with E-state index in [1.807, 2.05) is 6.92 Å². The van der Waals surface area contributed by atoms with Gasteiger partial charge in [-0.15, -0.1) is 0 Å². The summed E-state index contributed by atoms with van der Waals surface area (Å²) in [6, 6.07) is 4.44. The van der Waals surface area contributed by atoms with Gasteiger partial charge >= 0.3 is 0 Å². The van der Waals surface area contributed by atoms with E-state index in [0.717, 1.165) is 12.1 Å². The Morgan fingerprint density at radius 2 is 2.30 bits per heavy atom. The Morgan fingerprint density at radius 3 is 2.90 bits per heavy atom. The van der Waals surface area contributed by atoms with Crippen molar-refractivity contribution in [1.29, 1.82) is 0 Å². The molecule has 1 aliphatic rings. The van der Waals surface area contributed by atoms with Crippen LogP contribution in [-0.4, -0.2) is 39.9 Å². The molecule has 1 aromatic carbocycles. The average Bonchev–Trinajstić information content (AvgIpc) is 2.48. The maximum atomic E-state index is 12.4. The standard InChI is InChI=1S/C14H17ClN2O3/c1-2-9-8-17(6-5-12(9)16-20)14(19)10-3-4-13(18)11(15)7-10/h3-4,7,9,18,20H,2,5-6,8H2,1H3/b16-12+. The Balaban J connectivity index is 2.15. The maximum absolute atomic E-state index is 12.4. The van der Waals surface area contributed by atoms with Crippen molar-refractivity contribution >= 4 is 23.2 Å². The second kappa shape index (κ2) is 6.13. The van der Waals surface area contributed by atoms with Gasteiger partial charge in [-0.1, -0.05) is 23.7 Å². The number of phenols is 1. The van der Waals surface area contributed by atoms with Gasteiger partial charge in [-0.2, -0.15) is 0 Å². The largest absolute Gasteiger partial charge is 0.506 e. The van der Waals surface area contributed by atoms with Crippen molar-refractivity contribution in [3.05, 3.63) is 28.8 Å². The molecule has 5 nitrogen and oxygen atoms in total. The highest BCUT2D eigenvalue weighted by atomic mass is 35.5. The first-order chi connectivity index (χ1) is 9.56. The van der Waals surface area contributed by atoms with Crippen LogP contribution < -0.4 is 0 Å². The van der Waals surface area contributed by atoms with Gasteiger partial charge in [0.25, 0.3) is 5.91 Å². The number of halogens is 1. The van der Waals surface area contributed by atoms with Crippen LogP contribution in [0.3, 0.4) is 0 Å². The average molecular weight is 297 g/mol. The van der Waals surface area contributed by atoms with Crippen molar-refractivity contribution in [3.8, 4) is 5.75 Å². The van der Waals surface area contributed by atoms with E-state index in [0.29, 0.717) is 25.1 Å². The van der Waals surface area contributed by atoms with Crippen LogP contribution in [0.2, 0.25) is 5.02 Å². The number of likely N-dealkylation sites (tertiary alicyclic amines) is 1. The number of benzene rings is 1. The molecule has 1 unspecified atom stereocenters. The third kappa shape index (κ3) is 2.88. The predicted octanol–water partition coefficient (Wildman–Crippen LogP) is 2.75. The molecule has 0 bridgehead atoms. The smallest absolute Gasteiger partial charge is 0.253 e. The number of nitrogens with zero attached hydrogens (tertiary/aromatic N) is 2. The van der Waals surface area contributed by atoms with Gasteiger partial charge in [0, 0.05) is 31.0 Å². The van der Waals surface area contributed by atoms with Gasteiger partial charge < -0.3 is 15.2 Å². The number of carbonyl (C=O) groups excluding carboxylic acids is 1. The van der Waals surface area contributed by atoms with Crippen LogP contribution in [0.1, 0.15) is 30.1 Å². The minimum atomic E-state index is -0.123. The van der Waals surface area contributed by atoms with Crippen LogP contribution in [0.5, 0.6) is 5.75 Å². The first kappa shape index (κ1) is 14.7. The lowest BCUT2D eigenvalue weighted by Crippen LogP contribution is -2.44. The maximum Gasteiger partial charge on any atom is 0.253 e. The molecule has 1 amide bonds. The zero-order chi connectivity index (χ0) is 14.7. The number of carbonyl (C=O) groups is 1. The Hall–Kier alpha value is -1.75. The third-order valence-electron chi connectivity index (χ3n) is 3.65. The van der Waals surface area contributed by atoms with Crippen LogP contribution in [0, 0.1) is 5.92 Å². The summed E-state index contributed by atoms with van der Waals surface area (Å²) in [5, 5.41) is 21.8. The number of hydrogen-bond acceptors (Lipinski definition) is 4. The van der Waals surface area contributed by atoms with Gasteiger partial charge in [0.2, 0.25) is 0 Å². The second-order valence-corrected chi connectivity index (χ2v) is 5.27. The summed E-state index contributed by atoms with van der Waals surface area (Å²) in [6.45, 7) is 3.06. The van der Waals surface area contributed by atoms with E-state index in [4.69, 9.17) is 16.8 Å². The zero-order valence-corrected chi connectivity index (χ0v) is 12.0. The third-order valence-corrected chi connectivity index (χ3v) is 3.96. The van der Waals surface area contributed by atoms with Gasteiger partial charge in [-0.05, 0) is 24.6 Å². The molecule has 0 aliphatic carbocycles. The van der Waals surface area contributed by atoms with Crippen molar-refractivity contribution in [3.63, 3.8) is 0 Å². The van der Waals surface area contributed by atoms with E-state index >= 15 is 0 Å². The number of phenolic OH excluding ortho intramolecular Hbond substituents is 1. The molecule has 1 heterocycles. The summed E-state index contributed by atoms with van der Waals surface area (Å²) in [6.07, 6.45) is 1.39. The van der Waals surface area contributed by atoms with Crippen LogP contribution in [-0.2, 0) is 0 Å². The normalized spacial score (nSPS) is 21.2. The van der Waals surface area contributed by atoms with Gasteiger partial charge in [-0.25, -0.2) is 0 Å². The van der Waals surface area contributed by atoms with Crippen molar-refractivity contribution in [2.45, 2.75) is 19.8 Å². The molecule has 1 saturated heterocycles. The lowest BCUT2D eigenvalue weighted by molar-refractivity contribution is 0.0729. The van der Waals surface area contributed by atoms with Crippen molar-refractivity contribution < 1.29 is 15.1 Å². The predicted molar refractivity (Wildman–Crippen MR) is 76.6 cm³/mol. The summed E-state index contributed by atoms with van der Waals surface area (Å²) < 4.78 is 0. The van der Waals surface area contributed by atoms with Crippen molar-refractivity contribution in [1.82, 2.24) is 4.90 Å². The van der Waals surface area contributed by atoms with Crippen LogP contribution in [0.25, 0.3) is 0 Å². The van der Waals surface area contributed by atoms with E-state index in [1.165, 1.54) is 12.1 Å². The lowest BCUT2D eigenvalue weighted by Gasteiger charge is -2.32. The number of amides is 1. The van der Waals surface area contributed by atoms with E-state index in [2.05, 4.69) is 5.16 Å². The van der Waals surface area contributed by atoms with Gasteiger partial charge in [-0.3, -0.25) is 4.79 Å². The summed E-state index contributed by atoms with van der Waals surface area (Å²) in [5.41, 5.74) is 1.20. The minimum absolute atomic E-state index is 0.0389. The summed E-state index contributed by atoms with van der Waals surface area (Å²) in [5.74, 6) is -0.0735. The van der Waals surface area contributed by atoms with Crippen LogP contribution in [0.4, 0.5) is 0 Å². The molecule has 1 fully saturated rings. The topological polar surface area (TPSA) is 73.1 Å². The highest BCUT2D eigenvalue weighted by molar-refractivity contribution is 6.32. The number of aromatic hydroxyl groups is 1. The number of oxime groups is 1. The number of piperidine rings is 1. The lowest BCUT2D eigenvalue weighted by atomic mass is 9.93. The van der Waals surface area contributed by atoms with Crippen molar-refractivity contribution in [2.75, 3.05) is 13.1 Å². The Bertz CT molecular complexity index is 545. The number of hydrogen-bond donors (Lipinski definition) is 2. The number of rotatable bonds is 2. The first-order valence-electron chi connectivity index (χ1n) is 6.55. The van der Waals surface area contributed by atoms with Crippen LogP contribution >= 0.6 is 11.6 Å². The molecule has 6 heteroatoms. The molecule has 0 radical (unpaired) electrons. The van der Waals surface area contributed by atoms with E-state index < -0.39 is 0 Å². The molecule has 1 atom stereocenters. The highest BCUT2D eigenvalue weighted by Gasteiger charge is 2.28. The molecule has 108 valence electrons. The summed E-state index contributed by atoms with van der Waals surface area (Å²) in [4.78, 5) is 14.1. The molecule has 1 aromatic rings. The Labute approximate surface area is 122 Å². The van der Waals surface area contributed by atoms with E-state index in [-0.39, 0.29) is 22.6 Å². The van der Waals surface area contributed by atoms with E-state index in [9.17, 15) is 9.90 Å². The molecule has 20 heavy (non-hydrogen) atoms. The molecule has 2 N–H and O–H groups in total. The molecule has 1 aliphatic heterocycles. The zero-order valence-electron chi connectivity index (χ0n) is 11.2. The molecule has 0 spiro atoms. The van der Waals surface area contributed by atoms with Gasteiger partial charge in [0.05, 0.1) is 10.7 Å². The molecular formula is C14H17ClN2O3. The van der Waals surface area contributed by atoms with Gasteiger partial charge in [0.1, 0.15) is 5.75 Å². The Morgan fingerprint density at radius 1 is 1.55 bits per heavy atom. The fraction of sp³-hybridized carbons (Fsp3) is 0.429. The minimum Gasteiger partial charge on any atom is -0.506 e. The summed E-state index contributed by atoms with van der Waals surface area (Å²) >= 11 is 5.83. The SMILES string of the molecule is CCC1CN(C(=O)c2ccc(O)c(Cl)c2)CC/C1=N\O. The molecule has 2 rings (SSSR count). The monoisotopic (exact) mass is 296 g/mol. The Kier molecular flexibility index (Phi) is 4.49. The highest BCUT2D eigenvalue weighted by Crippen LogP contribution is 2.25. The van der Waals surface area contributed by atoms with Crippen molar-refractivity contribution in [2.24, 2.45) is 11.1 Å². The molecular weight excluding hydrogens is 280 g/mol. The molecule has 0 aromatic heterocycles. The summed E-state index contributed by atoms with van der Waals surface area (Å²) in [7, 11) is 0. The second-order valence-electron chi connectivity index (χ2n) is 4.86. The van der Waals surface area contributed by atoms with Gasteiger partial charge in [0.15, 0.2) is 0 Å². The quantitative estimate of drug-likeness (QED) is 0.651. The van der Waals surface area contributed by atoms with E-state index in [1.54, 1.807) is 11.0 Å². The first-order valence-corrected chi connectivity index (χ1v) is 6.93.